The Morgan fingerprint density at radius 2 is 1.72 bits per heavy atom. The van der Waals surface area contributed by atoms with E-state index in [1.54, 1.807) is 30.3 Å². The summed E-state index contributed by atoms with van der Waals surface area (Å²) >= 11 is 3.49. The molecular formula is C28H25BrN2O5. The quantitative estimate of drug-likeness (QED) is 0.240. The Balaban J connectivity index is 1.82. The van der Waals surface area contributed by atoms with E-state index >= 15 is 0 Å². The lowest BCUT2D eigenvalue weighted by Crippen LogP contribution is -2.13. The standard InChI is InChI=1S/C28H25BrN2O5/c1-4-35-25-13-21(12-22(15-30)27(32)31-23-10-5-17(2)18(3)11-23)24(29)14-26(25)36-16-19-6-8-20(9-7-19)28(33)34/h5-14H,4,16H2,1-3H3,(H,31,32)(H,33,34)/b22-12+. The number of hydrogen-bond acceptors (Lipinski definition) is 5. The maximum atomic E-state index is 12.7. The van der Waals surface area contributed by atoms with Crippen molar-refractivity contribution in [2.24, 2.45) is 0 Å². The number of nitrogens with one attached hydrogen (secondary N) is 1. The number of benzene rings is 3. The second-order valence-corrected chi connectivity index (χ2v) is 8.82. The number of hydrogen-bond donors (Lipinski definition) is 2. The van der Waals surface area contributed by atoms with Gasteiger partial charge in [0.1, 0.15) is 18.2 Å². The Bertz CT molecular complexity index is 1360. The van der Waals surface area contributed by atoms with E-state index in [1.807, 2.05) is 39.0 Å². The van der Waals surface area contributed by atoms with Crippen LogP contribution in [0, 0.1) is 25.2 Å². The van der Waals surface area contributed by atoms with Gasteiger partial charge in [0.25, 0.3) is 5.91 Å². The van der Waals surface area contributed by atoms with Gasteiger partial charge in [-0.05, 0) is 85.5 Å². The summed E-state index contributed by atoms with van der Waals surface area (Å²) in [4.78, 5) is 23.8. The number of nitrogens with zero attached hydrogens (tertiary/aromatic N) is 1. The molecule has 3 aromatic carbocycles. The van der Waals surface area contributed by atoms with Crippen LogP contribution in [0.2, 0.25) is 0 Å². The van der Waals surface area contributed by atoms with E-state index in [-0.39, 0.29) is 17.7 Å². The normalized spacial score (nSPS) is 10.9. The Hall–Kier alpha value is -4.09. The highest BCUT2D eigenvalue weighted by atomic mass is 79.9. The molecule has 0 saturated carbocycles. The lowest BCUT2D eigenvalue weighted by atomic mass is 10.1. The van der Waals surface area contributed by atoms with Gasteiger partial charge in [0.05, 0.1) is 12.2 Å². The number of amides is 1. The van der Waals surface area contributed by atoms with Gasteiger partial charge in [0.2, 0.25) is 0 Å². The second-order valence-electron chi connectivity index (χ2n) is 7.97. The molecule has 3 rings (SSSR count). The van der Waals surface area contributed by atoms with Crippen LogP contribution in [0.15, 0.2) is 64.6 Å². The highest BCUT2D eigenvalue weighted by Crippen LogP contribution is 2.35. The molecule has 184 valence electrons. The average Bonchev–Trinajstić information content (AvgIpc) is 2.85. The molecule has 0 aliphatic carbocycles. The summed E-state index contributed by atoms with van der Waals surface area (Å²) in [5.74, 6) is -0.605. The van der Waals surface area contributed by atoms with E-state index < -0.39 is 11.9 Å². The lowest BCUT2D eigenvalue weighted by Gasteiger charge is -2.14. The largest absolute Gasteiger partial charge is 0.490 e. The number of carbonyl (C=O) groups excluding carboxylic acids is 1. The van der Waals surface area contributed by atoms with Crippen molar-refractivity contribution in [3.8, 4) is 17.6 Å². The first-order valence-corrected chi connectivity index (χ1v) is 11.9. The van der Waals surface area contributed by atoms with Crippen molar-refractivity contribution >= 4 is 39.6 Å². The Kier molecular flexibility index (Phi) is 8.87. The van der Waals surface area contributed by atoms with Gasteiger partial charge in [0, 0.05) is 10.2 Å². The van der Waals surface area contributed by atoms with E-state index in [0.717, 1.165) is 16.7 Å². The monoisotopic (exact) mass is 548 g/mol. The summed E-state index contributed by atoms with van der Waals surface area (Å²) in [7, 11) is 0. The van der Waals surface area contributed by atoms with Gasteiger partial charge in [0.15, 0.2) is 11.5 Å². The van der Waals surface area contributed by atoms with Crippen molar-refractivity contribution < 1.29 is 24.2 Å². The minimum absolute atomic E-state index is 0.0661. The molecule has 0 bridgehead atoms. The van der Waals surface area contributed by atoms with Crippen molar-refractivity contribution in [1.29, 1.82) is 5.26 Å². The summed E-state index contributed by atoms with van der Waals surface area (Å²) < 4.78 is 12.3. The number of rotatable bonds is 9. The van der Waals surface area contributed by atoms with Crippen LogP contribution in [-0.4, -0.2) is 23.6 Å². The van der Waals surface area contributed by atoms with E-state index in [0.29, 0.717) is 33.8 Å². The first-order valence-electron chi connectivity index (χ1n) is 11.1. The second kappa shape index (κ2) is 12.0. The molecule has 3 aromatic rings. The van der Waals surface area contributed by atoms with Gasteiger partial charge in [-0.25, -0.2) is 4.79 Å². The molecule has 0 aromatic heterocycles. The minimum atomic E-state index is -0.993. The van der Waals surface area contributed by atoms with Crippen LogP contribution in [-0.2, 0) is 11.4 Å². The summed E-state index contributed by atoms with van der Waals surface area (Å²) in [6, 6.07) is 17.3. The molecule has 7 nitrogen and oxygen atoms in total. The summed E-state index contributed by atoms with van der Waals surface area (Å²) in [6.45, 7) is 6.35. The predicted molar refractivity (Wildman–Crippen MR) is 141 cm³/mol. The Morgan fingerprint density at radius 3 is 2.33 bits per heavy atom. The van der Waals surface area contributed by atoms with Gasteiger partial charge >= 0.3 is 5.97 Å². The minimum Gasteiger partial charge on any atom is -0.490 e. The molecule has 1 amide bonds. The van der Waals surface area contributed by atoms with Crippen LogP contribution in [0.3, 0.4) is 0 Å². The lowest BCUT2D eigenvalue weighted by molar-refractivity contribution is -0.112. The van der Waals surface area contributed by atoms with Crippen molar-refractivity contribution in [2.75, 3.05) is 11.9 Å². The van der Waals surface area contributed by atoms with Crippen LogP contribution in [0.4, 0.5) is 5.69 Å². The van der Waals surface area contributed by atoms with Crippen LogP contribution in [0.25, 0.3) is 6.08 Å². The van der Waals surface area contributed by atoms with E-state index in [9.17, 15) is 14.9 Å². The fourth-order valence-corrected chi connectivity index (χ4v) is 3.71. The molecule has 0 radical (unpaired) electrons. The van der Waals surface area contributed by atoms with Gasteiger partial charge in [-0.2, -0.15) is 5.26 Å². The van der Waals surface area contributed by atoms with Crippen molar-refractivity contribution in [3.63, 3.8) is 0 Å². The molecule has 0 heterocycles. The molecule has 0 unspecified atom stereocenters. The zero-order valence-electron chi connectivity index (χ0n) is 20.1. The third kappa shape index (κ3) is 6.74. The van der Waals surface area contributed by atoms with Crippen molar-refractivity contribution in [2.45, 2.75) is 27.4 Å². The van der Waals surface area contributed by atoms with Crippen molar-refractivity contribution in [3.05, 3.63) is 92.5 Å². The molecule has 0 spiro atoms. The molecule has 36 heavy (non-hydrogen) atoms. The third-order valence-corrected chi connectivity index (χ3v) is 6.07. The van der Waals surface area contributed by atoms with Crippen molar-refractivity contribution in [1.82, 2.24) is 0 Å². The van der Waals surface area contributed by atoms with E-state index in [2.05, 4.69) is 21.2 Å². The first kappa shape index (κ1) is 26.5. The molecule has 2 N–H and O–H groups in total. The Morgan fingerprint density at radius 1 is 1.03 bits per heavy atom. The molecule has 0 fully saturated rings. The van der Waals surface area contributed by atoms with E-state index in [4.69, 9.17) is 14.6 Å². The zero-order chi connectivity index (χ0) is 26.2. The summed E-state index contributed by atoms with van der Waals surface area (Å²) in [5, 5.41) is 21.4. The maximum Gasteiger partial charge on any atom is 0.335 e. The maximum absolute atomic E-state index is 12.7. The summed E-state index contributed by atoms with van der Waals surface area (Å²) in [6.07, 6.45) is 1.48. The van der Waals surface area contributed by atoms with Crippen LogP contribution in [0.1, 0.15) is 39.5 Å². The smallest absolute Gasteiger partial charge is 0.335 e. The predicted octanol–water partition coefficient (Wildman–Crippen LogP) is 6.29. The average molecular weight is 549 g/mol. The van der Waals surface area contributed by atoms with Gasteiger partial charge in [-0.3, -0.25) is 4.79 Å². The number of halogens is 1. The number of anilines is 1. The number of carboxylic acid groups (broad SMARTS) is 1. The highest BCUT2D eigenvalue weighted by Gasteiger charge is 2.15. The van der Waals surface area contributed by atoms with Gasteiger partial charge in [-0.1, -0.05) is 34.1 Å². The number of aromatic carboxylic acids is 1. The summed E-state index contributed by atoms with van der Waals surface area (Å²) in [5.41, 5.74) is 4.24. The molecular weight excluding hydrogens is 524 g/mol. The number of carbonyl (C=O) groups is 2. The fourth-order valence-electron chi connectivity index (χ4n) is 3.27. The zero-order valence-corrected chi connectivity index (χ0v) is 21.7. The molecule has 0 atom stereocenters. The molecule has 0 aliphatic rings. The highest BCUT2D eigenvalue weighted by molar-refractivity contribution is 9.10. The van der Waals surface area contributed by atoms with Gasteiger partial charge < -0.3 is 19.9 Å². The third-order valence-electron chi connectivity index (χ3n) is 5.39. The molecule has 0 saturated heterocycles. The molecule has 8 heteroatoms. The van der Waals surface area contributed by atoms with Gasteiger partial charge in [-0.15, -0.1) is 0 Å². The number of nitriles is 1. The van der Waals surface area contributed by atoms with Crippen LogP contribution >= 0.6 is 15.9 Å². The topological polar surface area (TPSA) is 109 Å². The fraction of sp³-hybridized carbons (Fsp3) is 0.179. The number of aryl methyl sites for hydroxylation is 2. The SMILES string of the molecule is CCOc1cc(/C=C(\C#N)C(=O)Nc2ccc(C)c(C)c2)c(Br)cc1OCc1ccc(C(=O)O)cc1. The van der Waals surface area contributed by atoms with Crippen LogP contribution in [0.5, 0.6) is 11.5 Å². The number of ether oxygens (including phenoxy) is 2. The Labute approximate surface area is 218 Å². The number of carboxylic acids is 1. The first-order chi connectivity index (χ1) is 17.2. The van der Waals surface area contributed by atoms with E-state index in [1.165, 1.54) is 18.2 Å². The molecule has 0 aliphatic heterocycles. The van der Waals surface area contributed by atoms with Crippen LogP contribution < -0.4 is 14.8 Å².